The van der Waals surface area contributed by atoms with Crippen molar-refractivity contribution in [3.8, 4) is 5.69 Å². The van der Waals surface area contributed by atoms with Gasteiger partial charge in [0.15, 0.2) is 11.5 Å². The highest BCUT2D eigenvalue weighted by Crippen LogP contribution is 2.26. The normalized spacial score (nSPS) is 12.0. The predicted octanol–water partition coefficient (Wildman–Crippen LogP) is 4.56. The number of H-pyrrole nitrogens is 1. The standard InChI is InChI=1S/C24H22N6O.H2S/c1-14-8-7-9-17-12-19(30(24(31)20(14)17)18-10-5-4-6-11-18)15(2)27-22-21-23(26-13-25-22)29-16(3)28-21;/h4-13,15H,1-3H3,(H2,25,26,27,28,29);1H2/t15-;/m0./s1. The van der Waals surface area contributed by atoms with Crippen LogP contribution >= 0.6 is 13.5 Å². The topological polar surface area (TPSA) is 88.5 Å². The quantitative estimate of drug-likeness (QED) is 0.424. The van der Waals surface area contributed by atoms with Crippen LogP contribution in [0.1, 0.15) is 30.0 Å². The Morgan fingerprint density at radius 2 is 1.81 bits per heavy atom. The van der Waals surface area contributed by atoms with Gasteiger partial charge in [-0.25, -0.2) is 15.0 Å². The Morgan fingerprint density at radius 1 is 1.03 bits per heavy atom. The summed E-state index contributed by atoms with van der Waals surface area (Å²) in [4.78, 5) is 29.9. The first-order chi connectivity index (χ1) is 15.0. The molecule has 0 aliphatic rings. The van der Waals surface area contributed by atoms with Gasteiger partial charge in [0, 0.05) is 11.4 Å². The molecule has 0 amide bonds. The fourth-order valence-electron chi connectivity index (χ4n) is 4.05. The molecule has 5 rings (SSSR count). The number of aryl methyl sites for hydroxylation is 2. The number of anilines is 1. The van der Waals surface area contributed by atoms with Crippen LogP contribution in [0.25, 0.3) is 27.6 Å². The highest BCUT2D eigenvalue weighted by Gasteiger charge is 2.19. The van der Waals surface area contributed by atoms with E-state index in [4.69, 9.17) is 0 Å². The van der Waals surface area contributed by atoms with E-state index in [0.717, 1.165) is 39.1 Å². The Morgan fingerprint density at radius 3 is 2.59 bits per heavy atom. The van der Waals surface area contributed by atoms with Crippen molar-refractivity contribution >= 4 is 41.2 Å². The summed E-state index contributed by atoms with van der Waals surface area (Å²) < 4.78 is 1.78. The van der Waals surface area contributed by atoms with E-state index >= 15 is 0 Å². The Labute approximate surface area is 192 Å². The molecule has 7 nitrogen and oxygen atoms in total. The van der Waals surface area contributed by atoms with E-state index in [-0.39, 0.29) is 25.1 Å². The van der Waals surface area contributed by atoms with E-state index in [0.29, 0.717) is 11.5 Å². The summed E-state index contributed by atoms with van der Waals surface area (Å²) in [5, 5.41) is 5.10. The van der Waals surface area contributed by atoms with Gasteiger partial charge in [-0.1, -0.05) is 36.4 Å². The fraction of sp³-hybridized carbons (Fsp3) is 0.167. The first-order valence-electron chi connectivity index (χ1n) is 10.2. The molecule has 0 saturated heterocycles. The maximum atomic E-state index is 13.6. The lowest BCUT2D eigenvalue weighted by molar-refractivity contribution is 0.774. The molecule has 0 aliphatic carbocycles. The van der Waals surface area contributed by atoms with Crippen LogP contribution in [0.5, 0.6) is 0 Å². The van der Waals surface area contributed by atoms with Crippen molar-refractivity contribution in [1.82, 2.24) is 24.5 Å². The summed E-state index contributed by atoms with van der Waals surface area (Å²) in [6.45, 7) is 5.87. The number of fused-ring (bicyclic) bond motifs is 2. The third-order valence-corrected chi connectivity index (χ3v) is 5.50. The second-order valence-electron chi connectivity index (χ2n) is 7.69. The minimum atomic E-state index is -0.209. The molecule has 8 heteroatoms. The molecule has 0 unspecified atom stereocenters. The summed E-state index contributed by atoms with van der Waals surface area (Å²) in [6.07, 6.45) is 1.49. The van der Waals surface area contributed by atoms with Crippen molar-refractivity contribution < 1.29 is 0 Å². The molecular formula is C24H24N6OS. The van der Waals surface area contributed by atoms with E-state index in [1.54, 1.807) is 4.57 Å². The zero-order chi connectivity index (χ0) is 21.5. The average Bonchev–Trinajstić information content (AvgIpc) is 3.15. The van der Waals surface area contributed by atoms with Gasteiger partial charge in [0.25, 0.3) is 5.56 Å². The van der Waals surface area contributed by atoms with Crippen LogP contribution in [0.3, 0.4) is 0 Å². The number of nitrogens with zero attached hydrogens (tertiary/aromatic N) is 4. The molecule has 1 atom stereocenters. The summed E-state index contributed by atoms with van der Waals surface area (Å²) >= 11 is 0. The number of imidazole rings is 1. The summed E-state index contributed by atoms with van der Waals surface area (Å²) in [5.41, 5.74) is 3.96. The first-order valence-corrected chi connectivity index (χ1v) is 10.2. The molecule has 0 radical (unpaired) electrons. The number of aromatic nitrogens is 5. The minimum Gasteiger partial charge on any atom is -0.360 e. The monoisotopic (exact) mass is 444 g/mol. The van der Waals surface area contributed by atoms with Gasteiger partial charge in [-0.15, -0.1) is 0 Å². The summed E-state index contributed by atoms with van der Waals surface area (Å²) in [5.74, 6) is 1.42. The zero-order valence-electron chi connectivity index (χ0n) is 18.0. The Hall–Kier alpha value is -3.65. The second-order valence-corrected chi connectivity index (χ2v) is 7.69. The van der Waals surface area contributed by atoms with E-state index in [1.807, 2.05) is 69.3 Å². The van der Waals surface area contributed by atoms with Gasteiger partial charge in [0.2, 0.25) is 0 Å². The lowest BCUT2D eigenvalue weighted by Gasteiger charge is -2.22. The van der Waals surface area contributed by atoms with Crippen molar-refractivity contribution in [2.75, 3.05) is 5.32 Å². The minimum absolute atomic E-state index is 0. The predicted molar refractivity (Wildman–Crippen MR) is 133 cm³/mol. The Bertz CT molecular complexity index is 1480. The number of hydrogen-bond acceptors (Lipinski definition) is 5. The number of hydrogen-bond donors (Lipinski definition) is 2. The van der Waals surface area contributed by atoms with E-state index < -0.39 is 0 Å². The van der Waals surface area contributed by atoms with E-state index in [9.17, 15) is 4.79 Å². The first kappa shape index (κ1) is 21.6. The maximum absolute atomic E-state index is 13.6. The maximum Gasteiger partial charge on any atom is 0.263 e. The van der Waals surface area contributed by atoms with Crippen molar-refractivity contribution in [3.05, 3.63) is 88.4 Å². The number of aromatic amines is 1. The molecule has 162 valence electrons. The summed E-state index contributed by atoms with van der Waals surface area (Å²) in [6, 6.07) is 17.5. The molecule has 0 aliphatic heterocycles. The van der Waals surface area contributed by atoms with Gasteiger partial charge in [-0.3, -0.25) is 9.36 Å². The number of pyridine rings is 1. The zero-order valence-corrected chi connectivity index (χ0v) is 19.0. The molecule has 5 aromatic rings. The number of rotatable bonds is 4. The van der Waals surface area contributed by atoms with Crippen molar-refractivity contribution in [2.45, 2.75) is 26.8 Å². The van der Waals surface area contributed by atoms with Gasteiger partial charge in [0.05, 0.1) is 11.4 Å². The smallest absolute Gasteiger partial charge is 0.263 e. The van der Waals surface area contributed by atoms with Crippen molar-refractivity contribution in [2.24, 2.45) is 0 Å². The van der Waals surface area contributed by atoms with Gasteiger partial charge < -0.3 is 10.3 Å². The van der Waals surface area contributed by atoms with Gasteiger partial charge in [0.1, 0.15) is 17.7 Å². The van der Waals surface area contributed by atoms with Gasteiger partial charge in [-0.05, 0) is 49.9 Å². The SMILES string of the molecule is Cc1nc2ncnc(N[C@@H](C)c3cc4cccc(C)c4c(=O)n3-c3ccccc3)c2[nH]1.S. The number of nitrogens with one attached hydrogen (secondary N) is 2. The fourth-order valence-corrected chi connectivity index (χ4v) is 4.05. The largest absolute Gasteiger partial charge is 0.360 e. The Kier molecular flexibility index (Phi) is 5.71. The molecule has 32 heavy (non-hydrogen) atoms. The molecule has 0 saturated carbocycles. The van der Waals surface area contributed by atoms with Gasteiger partial charge in [-0.2, -0.15) is 13.5 Å². The van der Waals surface area contributed by atoms with Crippen LogP contribution in [0.15, 0.2) is 65.7 Å². The van der Waals surface area contributed by atoms with Gasteiger partial charge >= 0.3 is 0 Å². The average molecular weight is 445 g/mol. The lowest BCUT2D eigenvalue weighted by Crippen LogP contribution is -2.26. The molecule has 2 aromatic carbocycles. The van der Waals surface area contributed by atoms with Crippen LogP contribution in [-0.2, 0) is 0 Å². The second kappa shape index (κ2) is 8.47. The Balaban J connectivity index is 0.00000245. The molecule has 0 fully saturated rings. The third kappa shape index (κ3) is 3.62. The molecule has 3 aromatic heterocycles. The van der Waals surface area contributed by atoms with Crippen molar-refractivity contribution in [1.29, 1.82) is 0 Å². The highest BCUT2D eigenvalue weighted by molar-refractivity contribution is 7.59. The van der Waals surface area contributed by atoms with E-state index in [2.05, 4.69) is 31.3 Å². The molecule has 3 heterocycles. The molecule has 0 bridgehead atoms. The van der Waals surface area contributed by atoms with E-state index in [1.165, 1.54) is 6.33 Å². The van der Waals surface area contributed by atoms with Crippen molar-refractivity contribution in [3.63, 3.8) is 0 Å². The van der Waals surface area contributed by atoms with Crippen LogP contribution in [0, 0.1) is 13.8 Å². The summed E-state index contributed by atoms with van der Waals surface area (Å²) in [7, 11) is 0. The molecular weight excluding hydrogens is 420 g/mol. The van der Waals surface area contributed by atoms with Crippen LogP contribution in [0.4, 0.5) is 5.82 Å². The third-order valence-electron chi connectivity index (χ3n) is 5.50. The van der Waals surface area contributed by atoms with Crippen LogP contribution in [0.2, 0.25) is 0 Å². The lowest BCUT2D eigenvalue weighted by atomic mass is 10.0. The highest BCUT2D eigenvalue weighted by atomic mass is 32.1. The number of para-hydroxylation sites is 1. The molecule has 0 spiro atoms. The van der Waals surface area contributed by atoms with Crippen LogP contribution in [-0.4, -0.2) is 24.5 Å². The van der Waals surface area contributed by atoms with Crippen LogP contribution < -0.4 is 10.9 Å². The number of benzene rings is 2. The molecule has 2 N–H and O–H groups in total.